The zero-order valence-corrected chi connectivity index (χ0v) is 17.3. The minimum Gasteiger partial charge on any atom is -0.458 e. The number of aromatic nitrogens is 2. The Morgan fingerprint density at radius 3 is 2.63 bits per heavy atom. The Hall–Kier alpha value is -2.63. The maximum atomic E-state index is 13.2. The summed E-state index contributed by atoms with van der Waals surface area (Å²) in [5.74, 6) is 0.00392. The van der Waals surface area contributed by atoms with Crippen LogP contribution in [-0.2, 0) is 20.7 Å². The van der Waals surface area contributed by atoms with Crippen molar-refractivity contribution in [2.45, 2.75) is 62.9 Å². The molecule has 2 aliphatic heterocycles. The lowest BCUT2D eigenvalue weighted by atomic mass is 9.83. The minimum absolute atomic E-state index is 0.119. The number of rotatable bonds is 4. The summed E-state index contributed by atoms with van der Waals surface area (Å²) in [7, 11) is 0. The molecule has 3 fully saturated rings. The number of amides is 1. The van der Waals surface area contributed by atoms with Crippen LogP contribution in [0.3, 0.4) is 0 Å². The summed E-state index contributed by atoms with van der Waals surface area (Å²) >= 11 is 0. The second kappa shape index (κ2) is 7.89. The Bertz CT molecular complexity index is 909. The largest absolute Gasteiger partial charge is 0.458 e. The molecule has 30 heavy (non-hydrogen) atoms. The summed E-state index contributed by atoms with van der Waals surface area (Å²) in [4.78, 5) is 27.2. The molecule has 6 nitrogen and oxygen atoms in total. The topological polar surface area (TPSA) is 75.3 Å². The van der Waals surface area contributed by atoms with Gasteiger partial charge >= 0.3 is 5.97 Å². The number of hydrogen-bond acceptors (Lipinski definition) is 4. The number of likely N-dealkylation sites (tertiary alicyclic amines) is 1. The fraction of sp³-hybridized carbons (Fsp3) is 0.542. The number of hydrogen-bond donors (Lipinski definition) is 1. The van der Waals surface area contributed by atoms with Crippen LogP contribution in [0.4, 0.5) is 0 Å². The molecule has 1 spiro atoms. The Kier molecular flexibility index (Phi) is 5.09. The standard InChI is InChI=1S/C24H29N3O3/c28-22-16-20(24(30-22)10-4-5-11-24)23(29)27-12-8-18(9-13-27)21-15-19(25-26-21)14-17-6-2-1-3-7-17/h1-3,6-7,15,18,20H,4-5,8-14,16H2,(H,25,26). The highest BCUT2D eigenvalue weighted by molar-refractivity contribution is 5.88. The number of esters is 1. The van der Waals surface area contributed by atoms with Gasteiger partial charge in [-0.1, -0.05) is 30.3 Å². The summed E-state index contributed by atoms with van der Waals surface area (Å²) in [6.45, 7) is 1.45. The third-order valence-electron chi connectivity index (χ3n) is 7.18. The molecule has 158 valence electrons. The van der Waals surface area contributed by atoms with Gasteiger partial charge in [0, 0.05) is 31.1 Å². The molecule has 1 aromatic heterocycles. The summed E-state index contributed by atoms with van der Waals surface area (Å²) in [6.07, 6.45) is 6.69. The van der Waals surface area contributed by atoms with E-state index >= 15 is 0 Å². The van der Waals surface area contributed by atoms with Crippen LogP contribution < -0.4 is 0 Å². The molecule has 2 saturated heterocycles. The van der Waals surface area contributed by atoms with E-state index < -0.39 is 5.60 Å². The zero-order valence-electron chi connectivity index (χ0n) is 17.3. The number of piperidine rings is 1. The van der Waals surface area contributed by atoms with Crippen molar-refractivity contribution in [3.05, 3.63) is 53.3 Å². The monoisotopic (exact) mass is 407 g/mol. The number of benzene rings is 1. The van der Waals surface area contributed by atoms with Gasteiger partial charge < -0.3 is 9.64 Å². The Balaban J connectivity index is 1.20. The van der Waals surface area contributed by atoms with E-state index in [4.69, 9.17) is 4.74 Å². The molecule has 2 aromatic rings. The maximum absolute atomic E-state index is 13.2. The van der Waals surface area contributed by atoms with Gasteiger partial charge in [-0.15, -0.1) is 0 Å². The number of carbonyl (C=O) groups excluding carboxylic acids is 2. The summed E-state index contributed by atoms with van der Waals surface area (Å²) < 4.78 is 5.68. The molecule has 1 unspecified atom stereocenters. The second-order valence-electron chi connectivity index (χ2n) is 9.08. The quantitative estimate of drug-likeness (QED) is 0.786. The van der Waals surface area contributed by atoms with Crippen LogP contribution in [0, 0.1) is 5.92 Å². The molecule has 0 bridgehead atoms. The smallest absolute Gasteiger partial charge is 0.307 e. The first-order chi connectivity index (χ1) is 14.6. The van der Waals surface area contributed by atoms with Gasteiger partial charge in [-0.2, -0.15) is 5.10 Å². The molecule has 3 heterocycles. The fourth-order valence-electron chi connectivity index (χ4n) is 5.54. The van der Waals surface area contributed by atoms with Crippen LogP contribution in [0.15, 0.2) is 36.4 Å². The molecule has 6 heteroatoms. The third kappa shape index (κ3) is 3.64. The Labute approximate surface area is 177 Å². The van der Waals surface area contributed by atoms with E-state index in [1.54, 1.807) is 0 Å². The van der Waals surface area contributed by atoms with E-state index in [0.29, 0.717) is 5.92 Å². The highest BCUT2D eigenvalue weighted by Gasteiger charge is 2.55. The zero-order chi connectivity index (χ0) is 20.6. The van der Waals surface area contributed by atoms with E-state index in [0.717, 1.165) is 69.4 Å². The van der Waals surface area contributed by atoms with Crippen molar-refractivity contribution in [3.63, 3.8) is 0 Å². The minimum atomic E-state index is -0.514. The molecule has 1 aliphatic carbocycles. The summed E-state index contributed by atoms with van der Waals surface area (Å²) in [5.41, 5.74) is 2.97. The van der Waals surface area contributed by atoms with E-state index in [9.17, 15) is 9.59 Å². The van der Waals surface area contributed by atoms with Crippen molar-refractivity contribution >= 4 is 11.9 Å². The fourth-order valence-corrected chi connectivity index (χ4v) is 5.54. The van der Waals surface area contributed by atoms with E-state index in [1.807, 2.05) is 11.0 Å². The van der Waals surface area contributed by atoms with E-state index in [-0.39, 0.29) is 24.2 Å². The predicted octanol–water partition coefficient (Wildman–Crippen LogP) is 3.58. The van der Waals surface area contributed by atoms with Crippen molar-refractivity contribution in [3.8, 4) is 0 Å². The maximum Gasteiger partial charge on any atom is 0.307 e. The van der Waals surface area contributed by atoms with Crippen molar-refractivity contribution in [1.29, 1.82) is 0 Å². The van der Waals surface area contributed by atoms with Crippen LogP contribution >= 0.6 is 0 Å². The van der Waals surface area contributed by atoms with Gasteiger partial charge in [-0.05, 0) is 50.2 Å². The average molecular weight is 408 g/mol. The molecule has 1 atom stereocenters. The molecule has 1 amide bonds. The van der Waals surface area contributed by atoms with E-state index in [2.05, 4.69) is 40.5 Å². The number of nitrogens with zero attached hydrogens (tertiary/aromatic N) is 2. The average Bonchev–Trinajstić information content (AvgIpc) is 3.50. The van der Waals surface area contributed by atoms with Crippen molar-refractivity contribution in [2.75, 3.05) is 13.1 Å². The lowest BCUT2D eigenvalue weighted by molar-refractivity contribution is -0.152. The summed E-state index contributed by atoms with van der Waals surface area (Å²) in [6, 6.07) is 12.6. The summed E-state index contributed by atoms with van der Waals surface area (Å²) in [5, 5.41) is 7.74. The van der Waals surface area contributed by atoms with Gasteiger partial charge in [0.15, 0.2) is 0 Å². The molecular formula is C24H29N3O3. The molecule has 1 saturated carbocycles. The first kappa shape index (κ1) is 19.3. The van der Waals surface area contributed by atoms with Crippen molar-refractivity contribution < 1.29 is 14.3 Å². The van der Waals surface area contributed by atoms with Gasteiger partial charge in [-0.25, -0.2) is 0 Å². The highest BCUT2D eigenvalue weighted by Crippen LogP contribution is 2.46. The number of ether oxygens (including phenoxy) is 1. The third-order valence-corrected chi connectivity index (χ3v) is 7.18. The van der Waals surface area contributed by atoms with Crippen LogP contribution in [0.2, 0.25) is 0 Å². The van der Waals surface area contributed by atoms with Gasteiger partial charge in [0.1, 0.15) is 5.60 Å². The molecule has 1 aromatic carbocycles. The lowest BCUT2D eigenvalue weighted by Gasteiger charge is -2.36. The number of nitrogens with one attached hydrogen (secondary N) is 1. The lowest BCUT2D eigenvalue weighted by Crippen LogP contribution is -2.47. The van der Waals surface area contributed by atoms with E-state index in [1.165, 1.54) is 5.56 Å². The number of H-pyrrole nitrogens is 1. The molecule has 0 radical (unpaired) electrons. The Morgan fingerprint density at radius 1 is 1.17 bits per heavy atom. The van der Waals surface area contributed by atoms with Crippen LogP contribution in [0.25, 0.3) is 0 Å². The first-order valence-electron chi connectivity index (χ1n) is 11.2. The van der Waals surface area contributed by atoms with Gasteiger partial charge in [0.2, 0.25) is 5.91 Å². The predicted molar refractivity (Wildman–Crippen MR) is 112 cm³/mol. The number of aromatic amines is 1. The molecule has 3 aliphatic rings. The van der Waals surface area contributed by atoms with Crippen LogP contribution in [-0.4, -0.2) is 45.7 Å². The highest BCUT2D eigenvalue weighted by atomic mass is 16.6. The molecule has 5 rings (SSSR count). The van der Waals surface area contributed by atoms with Gasteiger partial charge in [0.25, 0.3) is 0 Å². The first-order valence-corrected chi connectivity index (χ1v) is 11.2. The van der Waals surface area contributed by atoms with Gasteiger partial charge in [-0.3, -0.25) is 14.7 Å². The molecule has 1 N–H and O–H groups in total. The van der Waals surface area contributed by atoms with Crippen molar-refractivity contribution in [2.24, 2.45) is 5.92 Å². The van der Waals surface area contributed by atoms with Gasteiger partial charge in [0.05, 0.1) is 18.0 Å². The Morgan fingerprint density at radius 2 is 1.90 bits per heavy atom. The van der Waals surface area contributed by atoms with Crippen LogP contribution in [0.5, 0.6) is 0 Å². The normalized spacial score (nSPS) is 23.8. The molecular weight excluding hydrogens is 378 g/mol. The second-order valence-corrected chi connectivity index (χ2v) is 9.08. The van der Waals surface area contributed by atoms with Crippen LogP contribution in [0.1, 0.15) is 67.8 Å². The van der Waals surface area contributed by atoms with Crippen molar-refractivity contribution in [1.82, 2.24) is 15.1 Å². The number of carbonyl (C=O) groups is 2. The SMILES string of the molecule is O=C1CC(C(=O)N2CCC(c3cc(Cc4ccccc4)[nH]n3)CC2)C2(CCCC2)O1.